The highest BCUT2D eigenvalue weighted by Gasteiger charge is 2.28. The van der Waals surface area contributed by atoms with Gasteiger partial charge < -0.3 is 21.1 Å². The van der Waals surface area contributed by atoms with E-state index in [2.05, 4.69) is 16.0 Å². The van der Waals surface area contributed by atoms with Crippen LogP contribution in [-0.2, 0) is 9.84 Å². The minimum absolute atomic E-state index is 0.0473. The summed E-state index contributed by atoms with van der Waals surface area (Å²) in [5.41, 5.74) is 1.58. The van der Waals surface area contributed by atoms with Gasteiger partial charge in [-0.15, -0.1) is 0 Å². The molecule has 1 aliphatic rings. The molecule has 0 spiro atoms. The fourth-order valence-corrected chi connectivity index (χ4v) is 4.72. The Hall–Kier alpha value is -2.91. The first-order valence-electron chi connectivity index (χ1n) is 9.21. The van der Waals surface area contributed by atoms with Gasteiger partial charge in [-0.1, -0.05) is 30.3 Å². The summed E-state index contributed by atoms with van der Waals surface area (Å²) in [7, 11) is -3.06. The summed E-state index contributed by atoms with van der Waals surface area (Å²) in [4.78, 5) is 24.2. The minimum atomic E-state index is -3.06. The number of anilines is 1. The predicted octanol–water partition coefficient (Wildman–Crippen LogP) is 1.46. The van der Waals surface area contributed by atoms with E-state index in [1.54, 1.807) is 36.4 Å². The molecule has 3 rings (SSSR count). The zero-order valence-corrected chi connectivity index (χ0v) is 16.5. The molecule has 0 radical (unpaired) electrons. The van der Waals surface area contributed by atoms with Crippen molar-refractivity contribution in [2.45, 2.75) is 18.6 Å². The fourth-order valence-electron chi connectivity index (χ4n) is 3.05. The average molecular weight is 417 g/mol. The van der Waals surface area contributed by atoms with Crippen molar-refractivity contribution in [3.8, 4) is 0 Å². The molecule has 1 heterocycles. The number of rotatable bonds is 6. The van der Waals surface area contributed by atoms with Gasteiger partial charge in [-0.25, -0.2) is 13.2 Å². The maximum atomic E-state index is 12.2. The Kier molecular flexibility index (Phi) is 6.50. The van der Waals surface area contributed by atoms with E-state index in [0.29, 0.717) is 23.2 Å². The molecule has 2 atom stereocenters. The maximum absolute atomic E-state index is 12.2. The maximum Gasteiger partial charge on any atom is 0.319 e. The van der Waals surface area contributed by atoms with Crippen LogP contribution in [0.5, 0.6) is 0 Å². The van der Waals surface area contributed by atoms with E-state index < -0.39 is 22.0 Å². The topological polar surface area (TPSA) is 125 Å². The van der Waals surface area contributed by atoms with Crippen LogP contribution in [0.1, 0.15) is 28.4 Å². The molecule has 0 unspecified atom stereocenters. The van der Waals surface area contributed by atoms with Crippen molar-refractivity contribution in [3.63, 3.8) is 0 Å². The highest BCUT2D eigenvalue weighted by atomic mass is 32.2. The van der Waals surface area contributed by atoms with Gasteiger partial charge in [0, 0.05) is 23.8 Å². The summed E-state index contributed by atoms with van der Waals surface area (Å²) in [6.45, 7) is 0.0789. The first kappa shape index (κ1) is 20.8. The zero-order valence-electron chi connectivity index (χ0n) is 15.7. The molecule has 0 aliphatic carbocycles. The third-order valence-electron chi connectivity index (χ3n) is 4.61. The Morgan fingerprint density at radius 3 is 2.38 bits per heavy atom. The molecule has 2 aromatic carbocycles. The van der Waals surface area contributed by atoms with Gasteiger partial charge in [0.15, 0.2) is 9.84 Å². The van der Waals surface area contributed by atoms with E-state index in [0.717, 1.165) is 0 Å². The molecule has 0 aromatic heterocycles. The van der Waals surface area contributed by atoms with Crippen molar-refractivity contribution >= 4 is 27.5 Å². The summed E-state index contributed by atoms with van der Waals surface area (Å²) < 4.78 is 22.9. The molecule has 1 saturated heterocycles. The van der Waals surface area contributed by atoms with Crippen molar-refractivity contribution in [2.24, 2.45) is 0 Å². The largest absolute Gasteiger partial charge is 0.387 e. The molecular weight excluding hydrogens is 394 g/mol. The van der Waals surface area contributed by atoms with Crippen LogP contribution >= 0.6 is 0 Å². The van der Waals surface area contributed by atoms with Gasteiger partial charge in [0.05, 0.1) is 17.6 Å². The fraction of sp³-hybridized carbons (Fsp3) is 0.300. The summed E-state index contributed by atoms with van der Waals surface area (Å²) in [5, 5.41) is 18.0. The molecule has 9 heteroatoms. The molecular formula is C20H23N3O5S. The predicted molar refractivity (Wildman–Crippen MR) is 109 cm³/mol. The Morgan fingerprint density at radius 2 is 1.76 bits per heavy atom. The number of amides is 3. The number of carbonyl (C=O) groups excluding carboxylic acids is 2. The van der Waals surface area contributed by atoms with Gasteiger partial charge in [-0.05, 0) is 36.2 Å². The Balaban J connectivity index is 1.47. The Labute approximate surface area is 169 Å². The van der Waals surface area contributed by atoms with Gasteiger partial charge in [0.1, 0.15) is 0 Å². The number of benzene rings is 2. The SMILES string of the molecule is O=C(Nc1ccc(C(=O)NC[C@H](O)c2ccccc2)cc1)N[C@H]1CCS(=O)(=O)C1. The lowest BCUT2D eigenvalue weighted by Crippen LogP contribution is -2.38. The summed E-state index contributed by atoms with van der Waals surface area (Å²) in [6, 6.07) is 14.4. The van der Waals surface area contributed by atoms with Crippen LogP contribution in [0.4, 0.5) is 10.5 Å². The second kappa shape index (κ2) is 9.06. The highest BCUT2D eigenvalue weighted by molar-refractivity contribution is 7.91. The van der Waals surface area contributed by atoms with E-state index in [4.69, 9.17) is 0 Å². The van der Waals surface area contributed by atoms with Crippen molar-refractivity contribution in [2.75, 3.05) is 23.4 Å². The average Bonchev–Trinajstić information content (AvgIpc) is 3.05. The van der Waals surface area contributed by atoms with Crippen molar-refractivity contribution in [3.05, 3.63) is 65.7 Å². The van der Waals surface area contributed by atoms with Gasteiger partial charge in [0.2, 0.25) is 0 Å². The quantitative estimate of drug-likeness (QED) is 0.566. The lowest BCUT2D eigenvalue weighted by molar-refractivity contribution is 0.0916. The van der Waals surface area contributed by atoms with Crippen LogP contribution in [0, 0.1) is 0 Å². The number of carbonyl (C=O) groups is 2. The number of sulfone groups is 1. The molecule has 4 N–H and O–H groups in total. The van der Waals surface area contributed by atoms with Gasteiger partial charge in [-0.2, -0.15) is 0 Å². The molecule has 154 valence electrons. The van der Waals surface area contributed by atoms with Gasteiger partial charge in [0.25, 0.3) is 5.91 Å². The number of hydrogen-bond acceptors (Lipinski definition) is 5. The van der Waals surface area contributed by atoms with E-state index in [1.165, 1.54) is 0 Å². The highest BCUT2D eigenvalue weighted by Crippen LogP contribution is 2.14. The Bertz CT molecular complexity index is 961. The summed E-state index contributed by atoms with van der Waals surface area (Å²) >= 11 is 0. The molecule has 1 aliphatic heterocycles. The van der Waals surface area contributed by atoms with Crippen molar-refractivity contribution in [1.29, 1.82) is 0 Å². The lowest BCUT2D eigenvalue weighted by atomic mass is 10.1. The molecule has 8 nitrogen and oxygen atoms in total. The number of nitrogens with one attached hydrogen (secondary N) is 3. The monoisotopic (exact) mass is 417 g/mol. The first-order valence-corrected chi connectivity index (χ1v) is 11.0. The lowest BCUT2D eigenvalue weighted by Gasteiger charge is -2.13. The third-order valence-corrected chi connectivity index (χ3v) is 6.38. The number of aliphatic hydroxyl groups is 1. The summed E-state index contributed by atoms with van der Waals surface area (Å²) in [5.74, 6) is -0.304. The zero-order chi connectivity index (χ0) is 20.9. The third kappa shape index (κ3) is 6.03. The smallest absolute Gasteiger partial charge is 0.319 e. The van der Waals surface area contributed by atoms with Crippen LogP contribution in [-0.4, -0.2) is 49.6 Å². The number of aliphatic hydroxyl groups excluding tert-OH is 1. The molecule has 29 heavy (non-hydrogen) atoms. The molecule has 2 aromatic rings. The molecule has 0 saturated carbocycles. The summed E-state index contributed by atoms with van der Waals surface area (Å²) in [6.07, 6.45) is -0.395. The van der Waals surface area contributed by atoms with Crippen molar-refractivity contribution in [1.82, 2.24) is 10.6 Å². The Morgan fingerprint density at radius 1 is 1.07 bits per heavy atom. The van der Waals surface area contributed by atoms with Crippen molar-refractivity contribution < 1.29 is 23.1 Å². The number of hydrogen-bond donors (Lipinski definition) is 4. The normalized spacial score (nSPS) is 18.6. The van der Waals surface area contributed by atoms with Crippen LogP contribution in [0.3, 0.4) is 0 Å². The van der Waals surface area contributed by atoms with E-state index in [1.807, 2.05) is 18.2 Å². The van der Waals surface area contributed by atoms with Gasteiger partial charge in [-0.3, -0.25) is 4.79 Å². The number of urea groups is 1. The van der Waals surface area contributed by atoms with Crippen LogP contribution in [0.2, 0.25) is 0 Å². The van der Waals surface area contributed by atoms with Crippen LogP contribution in [0.25, 0.3) is 0 Å². The standard InChI is InChI=1S/C20H23N3O5S/c24-18(14-4-2-1-3-5-14)12-21-19(25)15-6-8-16(9-7-15)22-20(26)23-17-10-11-29(27,28)13-17/h1-9,17-18,24H,10-13H2,(H,21,25)(H2,22,23,26)/t17-,18-/m0/s1. The minimum Gasteiger partial charge on any atom is -0.387 e. The van der Waals surface area contributed by atoms with E-state index >= 15 is 0 Å². The van der Waals surface area contributed by atoms with E-state index in [9.17, 15) is 23.1 Å². The first-order chi connectivity index (χ1) is 13.8. The van der Waals surface area contributed by atoms with E-state index in [-0.39, 0.29) is 30.0 Å². The molecule has 1 fully saturated rings. The molecule has 3 amide bonds. The van der Waals surface area contributed by atoms with Crippen LogP contribution in [0.15, 0.2) is 54.6 Å². The van der Waals surface area contributed by atoms with Crippen LogP contribution < -0.4 is 16.0 Å². The van der Waals surface area contributed by atoms with Gasteiger partial charge >= 0.3 is 6.03 Å². The second-order valence-corrected chi connectivity index (χ2v) is 9.14. The molecule has 0 bridgehead atoms. The second-order valence-electron chi connectivity index (χ2n) is 6.91.